The smallest absolute Gasteiger partial charge is 0.324 e. The molecule has 0 saturated heterocycles. The summed E-state index contributed by atoms with van der Waals surface area (Å²) in [5, 5.41) is 7.68. The Labute approximate surface area is 181 Å². The second-order valence-corrected chi connectivity index (χ2v) is 8.73. The number of hydrogen-bond acceptors (Lipinski definition) is 4. The summed E-state index contributed by atoms with van der Waals surface area (Å²) in [5.41, 5.74) is 1.50. The molecule has 164 valence electrons. The van der Waals surface area contributed by atoms with Gasteiger partial charge in [-0.1, -0.05) is 30.3 Å². The first-order valence-electron chi connectivity index (χ1n) is 9.33. The van der Waals surface area contributed by atoms with Crippen LogP contribution in [0.2, 0.25) is 0 Å². The Morgan fingerprint density at radius 3 is 2.25 bits per heavy atom. The van der Waals surface area contributed by atoms with E-state index < -0.39 is 27.7 Å². The first-order chi connectivity index (χ1) is 15.0. The third-order valence-corrected chi connectivity index (χ3v) is 5.78. The summed E-state index contributed by atoms with van der Waals surface area (Å²) >= 11 is 0. The molecule has 3 aromatic rings. The Hall–Kier alpha value is -3.50. The number of nitrogens with two attached hydrogens (primary N) is 1. The van der Waals surface area contributed by atoms with Crippen molar-refractivity contribution in [3.05, 3.63) is 77.9 Å². The van der Waals surface area contributed by atoms with Gasteiger partial charge in [0.05, 0.1) is 34.0 Å². The Morgan fingerprint density at radius 1 is 0.906 bits per heavy atom. The van der Waals surface area contributed by atoms with E-state index in [4.69, 9.17) is 5.14 Å². The number of carbonyl (C=O) groups excluding carboxylic acids is 1. The number of nitrogens with zero attached hydrogens (tertiary/aromatic N) is 1. The fraction of sp³-hybridized carbons (Fsp3) is 0.0909. The first kappa shape index (κ1) is 21.7. The minimum Gasteiger partial charge on any atom is -0.324 e. The fourth-order valence-corrected chi connectivity index (χ4v) is 3.90. The van der Waals surface area contributed by atoms with E-state index in [1.165, 1.54) is 18.2 Å². The maximum atomic E-state index is 13.0. The van der Waals surface area contributed by atoms with Gasteiger partial charge in [-0.15, -0.1) is 0 Å². The number of anilines is 1. The van der Waals surface area contributed by atoms with Gasteiger partial charge in [-0.25, -0.2) is 13.6 Å². The number of amides is 1. The Morgan fingerprint density at radius 2 is 1.56 bits per heavy atom. The van der Waals surface area contributed by atoms with E-state index in [0.29, 0.717) is 22.4 Å². The molecule has 4 rings (SSSR count). The summed E-state index contributed by atoms with van der Waals surface area (Å²) in [4.78, 5) is 16.7. The van der Waals surface area contributed by atoms with E-state index in [2.05, 4.69) is 10.3 Å². The molecule has 0 spiro atoms. The van der Waals surface area contributed by atoms with E-state index in [1.807, 2.05) is 0 Å². The number of fused-ring (bicyclic) bond motifs is 1. The highest BCUT2D eigenvalue weighted by molar-refractivity contribution is 7.89. The molecule has 0 bridgehead atoms. The van der Waals surface area contributed by atoms with E-state index in [-0.39, 0.29) is 22.7 Å². The predicted octanol–water partition coefficient (Wildman–Crippen LogP) is 4.48. The van der Waals surface area contributed by atoms with Crippen molar-refractivity contribution in [2.75, 3.05) is 5.32 Å². The SMILES string of the molecule is NS(=O)(=O)c1cccc(-c2cccc(C3=Nc4ccc(C(F)(F)F)cc4NC(=O)C3)c2)c1. The second kappa shape index (κ2) is 7.88. The number of alkyl halides is 3. The van der Waals surface area contributed by atoms with Crippen molar-refractivity contribution in [1.29, 1.82) is 0 Å². The Balaban J connectivity index is 1.76. The number of nitrogens with one attached hydrogen (secondary N) is 1. The fourth-order valence-electron chi connectivity index (χ4n) is 3.34. The molecule has 0 aromatic heterocycles. The maximum Gasteiger partial charge on any atom is 0.416 e. The number of primary sulfonamides is 1. The molecule has 3 aromatic carbocycles. The van der Waals surface area contributed by atoms with E-state index in [1.54, 1.807) is 36.4 Å². The number of benzene rings is 3. The molecule has 0 radical (unpaired) electrons. The van der Waals surface area contributed by atoms with Gasteiger partial charge in [0, 0.05) is 0 Å². The first-order valence-corrected chi connectivity index (χ1v) is 10.9. The van der Waals surface area contributed by atoms with Gasteiger partial charge in [0.2, 0.25) is 15.9 Å². The van der Waals surface area contributed by atoms with Crippen LogP contribution in [0.3, 0.4) is 0 Å². The van der Waals surface area contributed by atoms with Crippen LogP contribution in [0.4, 0.5) is 24.5 Å². The summed E-state index contributed by atoms with van der Waals surface area (Å²) in [6, 6.07) is 16.0. The molecule has 3 N–H and O–H groups in total. The number of carbonyl (C=O) groups is 1. The van der Waals surface area contributed by atoms with Gasteiger partial charge in [-0.3, -0.25) is 9.79 Å². The van der Waals surface area contributed by atoms with Gasteiger partial charge >= 0.3 is 6.18 Å². The van der Waals surface area contributed by atoms with Crippen LogP contribution in [0.1, 0.15) is 17.5 Å². The molecule has 32 heavy (non-hydrogen) atoms. The summed E-state index contributed by atoms with van der Waals surface area (Å²) in [6.07, 6.45) is -4.69. The van der Waals surface area contributed by atoms with Crippen LogP contribution < -0.4 is 10.5 Å². The zero-order chi connectivity index (χ0) is 23.1. The molecule has 10 heteroatoms. The number of hydrogen-bond donors (Lipinski definition) is 2. The average molecular weight is 459 g/mol. The van der Waals surface area contributed by atoms with Crippen molar-refractivity contribution in [1.82, 2.24) is 0 Å². The summed E-state index contributed by atoms with van der Waals surface area (Å²) in [7, 11) is -3.88. The van der Waals surface area contributed by atoms with E-state index in [9.17, 15) is 26.4 Å². The van der Waals surface area contributed by atoms with Gasteiger partial charge in [-0.05, 0) is 53.1 Å². The molecular weight excluding hydrogens is 443 g/mol. The molecule has 0 aliphatic carbocycles. The lowest BCUT2D eigenvalue weighted by atomic mass is 9.99. The topological polar surface area (TPSA) is 102 Å². The molecule has 0 unspecified atom stereocenters. The molecule has 0 fully saturated rings. The van der Waals surface area contributed by atoms with Gasteiger partial charge in [0.1, 0.15) is 0 Å². The monoisotopic (exact) mass is 459 g/mol. The minimum atomic E-state index is -4.54. The van der Waals surface area contributed by atoms with Crippen molar-refractivity contribution in [2.24, 2.45) is 10.1 Å². The van der Waals surface area contributed by atoms with Gasteiger partial charge in [0.15, 0.2) is 0 Å². The summed E-state index contributed by atoms with van der Waals surface area (Å²) < 4.78 is 62.3. The van der Waals surface area contributed by atoms with Gasteiger partial charge in [0.25, 0.3) is 0 Å². The van der Waals surface area contributed by atoms with Gasteiger partial charge in [-0.2, -0.15) is 13.2 Å². The zero-order valence-electron chi connectivity index (χ0n) is 16.3. The molecule has 1 heterocycles. The number of rotatable bonds is 3. The summed E-state index contributed by atoms with van der Waals surface area (Å²) in [5.74, 6) is -0.497. The van der Waals surface area contributed by atoms with Crippen molar-refractivity contribution in [2.45, 2.75) is 17.5 Å². The molecular formula is C22H16F3N3O3S. The molecule has 6 nitrogen and oxygen atoms in total. The van der Waals surface area contributed by atoms with E-state index in [0.717, 1.165) is 12.1 Å². The highest BCUT2D eigenvalue weighted by atomic mass is 32.2. The molecule has 1 aliphatic rings. The second-order valence-electron chi connectivity index (χ2n) is 7.17. The third-order valence-electron chi connectivity index (χ3n) is 4.87. The Bertz CT molecular complexity index is 1370. The molecule has 0 saturated carbocycles. The maximum absolute atomic E-state index is 13.0. The minimum absolute atomic E-state index is 0.0168. The zero-order valence-corrected chi connectivity index (χ0v) is 17.2. The molecule has 1 aliphatic heterocycles. The van der Waals surface area contributed by atoms with Crippen LogP contribution in [0.15, 0.2) is 76.6 Å². The quantitative estimate of drug-likeness (QED) is 0.604. The van der Waals surface area contributed by atoms with Gasteiger partial charge < -0.3 is 5.32 Å². The average Bonchev–Trinajstić information content (AvgIpc) is 2.90. The van der Waals surface area contributed by atoms with Crippen LogP contribution in [-0.4, -0.2) is 20.0 Å². The van der Waals surface area contributed by atoms with Crippen LogP contribution in [0.25, 0.3) is 11.1 Å². The van der Waals surface area contributed by atoms with Crippen molar-refractivity contribution < 1.29 is 26.4 Å². The number of halogens is 3. The highest BCUT2D eigenvalue weighted by Crippen LogP contribution is 2.37. The third kappa shape index (κ3) is 4.56. The van der Waals surface area contributed by atoms with E-state index >= 15 is 0 Å². The standard InChI is InChI=1S/C22H16F3N3O3S/c23-22(24,25)16-7-8-18-20(11-16)28-21(29)12-19(27-18)15-5-1-3-13(9-15)14-4-2-6-17(10-14)32(26,30)31/h1-11H,12H2,(H,28,29)(H2,26,30,31). The summed E-state index contributed by atoms with van der Waals surface area (Å²) in [6.45, 7) is 0. The lowest BCUT2D eigenvalue weighted by Gasteiger charge is -2.10. The van der Waals surface area contributed by atoms with Crippen molar-refractivity contribution >= 4 is 33.0 Å². The molecule has 0 atom stereocenters. The highest BCUT2D eigenvalue weighted by Gasteiger charge is 2.31. The van der Waals surface area contributed by atoms with Crippen LogP contribution >= 0.6 is 0 Å². The molecule has 1 amide bonds. The van der Waals surface area contributed by atoms with Crippen molar-refractivity contribution in [3.8, 4) is 11.1 Å². The largest absolute Gasteiger partial charge is 0.416 e. The number of aliphatic imine (C=N–C) groups is 1. The number of sulfonamides is 1. The van der Waals surface area contributed by atoms with Crippen molar-refractivity contribution in [3.63, 3.8) is 0 Å². The lowest BCUT2D eigenvalue weighted by Crippen LogP contribution is -2.15. The van der Waals surface area contributed by atoms with Crippen LogP contribution in [-0.2, 0) is 21.0 Å². The normalized spacial score (nSPS) is 14.2. The lowest BCUT2D eigenvalue weighted by molar-refractivity contribution is -0.137. The predicted molar refractivity (Wildman–Crippen MR) is 114 cm³/mol. The van der Waals surface area contributed by atoms with Crippen LogP contribution in [0, 0.1) is 0 Å². The van der Waals surface area contributed by atoms with Crippen LogP contribution in [0.5, 0.6) is 0 Å². The Kier molecular flexibility index (Phi) is 5.35.